The van der Waals surface area contributed by atoms with Gasteiger partial charge in [-0.25, -0.2) is 0 Å². The van der Waals surface area contributed by atoms with E-state index in [-0.39, 0.29) is 0 Å². The molecule has 0 radical (unpaired) electrons. The van der Waals surface area contributed by atoms with E-state index in [1.54, 1.807) is 0 Å². The van der Waals surface area contributed by atoms with Crippen LogP contribution in [0.25, 0.3) is 71.7 Å². The predicted octanol–water partition coefficient (Wildman–Crippen LogP) is 14.0. The number of rotatable bonds is 6. The highest BCUT2D eigenvalue weighted by molar-refractivity contribution is 6.23. The van der Waals surface area contributed by atoms with Crippen LogP contribution in [0.3, 0.4) is 0 Å². The second-order valence-electron chi connectivity index (χ2n) is 13.2. The van der Waals surface area contributed by atoms with Gasteiger partial charge in [-0.1, -0.05) is 115 Å². The number of hydrogen-bond donors (Lipinski definition) is 0. The van der Waals surface area contributed by atoms with Gasteiger partial charge in [0, 0.05) is 44.2 Å². The van der Waals surface area contributed by atoms with E-state index in [0.717, 1.165) is 96.0 Å². The van der Waals surface area contributed by atoms with Crippen LogP contribution in [0.5, 0.6) is 0 Å². The number of nitrogens with zero attached hydrogens (tertiary/aromatic N) is 1. The molecule has 0 unspecified atom stereocenters. The lowest BCUT2D eigenvalue weighted by Crippen LogP contribution is -2.10. The van der Waals surface area contributed by atoms with Crippen LogP contribution in [-0.4, -0.2) is 0 Å². The molecule has 1 aliphatic carbocycles. The molecule has 0 bridgehead atoms. The van der Waals surface area contributed by atoms with Gasteiger partial charge in [-0.3, -0.25) is 0 Å². The first kappa shape index (κ1) is 29.3. The molecule has 0 N–H and O–H groups in total. The van der Waals surface area contributed by atoms with Crippen molar-refractivity contribution in [2.45, 2.75) is 12.8 Å². The van der Waals surface area contributed by atoms with Crippen molar-refractivity contribution >= 4 is 66.5 Å². The molecule has 10 rings (SSSR count). The monoisotopic (exact) mass is 655 g/mol. The molecule has 3 heteroatoms. The van der Waals surface area contributed by atoms with Crippen molar-refractivity contribution in [3.05, 3.63) is 182 Å². The lowest BCUT2D eigenvalue weighted by Gasteiger charge is -2.26. The maximum atomic E-state index is 6.73. The molecule has 3 nitrogen and oxygen atoms in total. The third-order valence-electron chi connectivity index (χ3n) is 10.1. The second-order valence-corrected chi connectivity index (χ2v) is 13.2. The summed E-state index contributed by atoms with van der Waals surface area (Å²) in [5.41, 5.74) is 13.7. The van der Waals surface area contributed by atoms with Crippen molar-refractivity contribution in [1.29, 1.82) is 0 Å². The highest BCUT2D eigenvalue weighted by atomic mass is 16.3. The van der Waals surface area contributed by atoms with Crippen molar-refractivity contribution in [3.8, 4) is 22.3 Å². The van der Waals surface area contributed by atoms with Gasteiger partial charge < -0.3 is 13.7 Å². The Morgan fingerprint density at radius 2 is 1.12 bits per heavy atom. The Labute approximate surface area is 296 Å². The first-order valence-corrected chi connectivity index (χ1v) is 17.6. The molecule has 51 heavy (non-hydrogen) atoms. The molecule has 2 heterocycles. The number of fused-ring (bicyclic) bond motifs is 6. The highest BCUT2D eigenvalue weighted by Crippen LogP contribution is 2.46. The molecule has 0 saturated heterocycles. The summed E-state index contributed by atoms with van der Waals surface area (Å²) in [6, 6.07) is 55.8. The molecular formula is C48H33NO2. The lowest BCUT2D eigenvalue weighted by atomic mass is 9.96. The minimum absolute atomic E-state index is 0.855. The number of allylic oxidation sites excluding steroid dienone is 4. The van der Waals surface area contributed by atoms with E-state index in [9.17, 15) is 0 Å². The Balaban J connectivity index is 1.11. The third-order valence-corrected chi connectivity index (χ3v) is 10.1. The van der Waals surface area contributed by atoms with Gasteiger partial charge in [-0.2, -0.15) is 0 Å². The zero-order chi connectivity index (χ0) is 33.7. The van der Waals surface area contributed by atoms with Crippen LogP contribution in [0.4, 0.5) is 17.1 Å². The fourth-order valence-corrected chi connectivity index (χ4v) is 7.65. The Kier molecular flexibility index (Phi) is 6.95. The molecule has 0 saturated carbocycles. The first-order valence-electron chi connectivity index (χ1n) is 17.6. The molecule has 9 aromatic rings. The average Bonchev–Trinajstić information content (AvgIpc) is 3.76. The van der Waals surface area contributed by atoms with E-state index in [4.69, 9.17) is 8.83 Å². The quantitative estimate of drug-likeness (QED) is 0.179. The number of hydrogen-bond acceptors (Lipinski definition) is 3. The summed E-state index contributed by atoms with van der Waals surface area (Å²) >= 11 is 0. The number of para-hydroxylation sites is 2. The molecule has 0 spiro atoms. The van der Waals surface area contributed by atoms with Crippen molar-refractivity contribution in [1.82, 2.24) is 0 Å². The fourth-order valence-electron chi connectivity index (χ4n) is 7.65. The van der Waals surface area contributed by atoms with E-state index in [1.807, 2.05) is 18.2 Å². The van der Waals surface area contributed by atoms with Crippen molar-refractivity contribution in [3.63, 3.8) is 0 Å². The SMILES string of the molecule is C1=CC(c2ccc(N(c3ccccc3)c3cccc(-c4ccc5oc6c(-c7ccccc7)c7c(cc6c5c4)oc4ccccc47)c3)cc2)=CCC1. The minimum atomic E-state index is 0.855. The van der Waals surface area contributed by atoms with E-state index in [2.05, 4.69) is 163 Å². The summed E-state index contributed by atoms with van der Waals surface area (Å²) in [7, 11) is 0. The van der Waals surface area contributed by atoms with Gasteiger partial charge in [0.1, 0.15) is 22.3 Å². The smallest absolute Gasteiger partial charge is 0.144 e. The van der Waals surface area contributed by atoms with Crippen molar-refractivity contribution in [2.24, 2.45) is 0 Å². The van der Waals surface area contributed by atoms with Crippen LogP contribution in [0.1, 0.15) is 18.4 Å². The number of anilines is 3. The molecule has 242 valence electrons. The third kappa shape index (κ3) is 5.05. The van der Waals surface area contributed by atoms with Crippen molar-refractivity contribution < 1.29 is 8.83 Å². The van der Waals surface area contributed by atoms with Crippen LogP contribution < -0.4 is 4.90 Å². The molecule has 0 atom stereocenters. The fraction of sp³-hybridized carbons (Fsp3) is 0.0417. The summed E-state index contributed by atoms with van der Waals surface area (Å²) in [6.07, 6.45) is 9.03. The van der Waals surface area contributed by atoms with Crippen LogP contribution in [-0.2, 0) is 0 Å². The van der Waals surface area contributed by atoms with E-state index in [0.29, 0.717) is 0 Å². The topological polar surface area (TPSA) is 29.5 Å². The maximum Gasteiger partial charge on any atom is 0.144 e. The van der Waals surface area contributed by atoms with Crippen LogP contribution in [0.15, 0.2) is 185 Å². The molecule has 2 aromatic heterocycles. The second kappa shape index (κ2) is 12.1. The summed E-state index contributed by atoms with van der Waals surface area (Å²) < 4.78 is 13.2. The molecule has 1 aliphatic rings. The summed E-state index contributed by atoms with van der Waals surface area (Å²) in [5.74, 6) is 0. The summed E-state index contributed by atoms with van der Waals surface area (Å²) in [4.78, 5) is 2.33. The number of furan rings is 2. The zero-order valence-electron chi connectivity index (χ0n) is 27.9. The van der Waals surface area contributed by atoms with E-state index in [1.165, 1.54) is 11.1 Å². The van der Waals surface area contributed by atoms with Crippen LogP contribution >= 0.6 is 0 Å². The van der Waals surface area contributed by atoms with Gasteiger partial charge in [0.05, 0.1) is 0 Å². The van der Waals surface area contributed by atoms with Gasteiger partial charge in [-0.15, -0.1) is 0 Å². The maximum absolute atomic E-state index is 6.73. The minimum Gasteiger partial charge on any atom is -0.456 e. The highest BCUT2D eigenvalue weighted by Gasteiger charge is 2.21. The average molecular weight is 656 g/mol. The predicted molar refractivity (Wildman–Crippen MR) is 213 cm³/mol. The standard InChI is InChI=1S/C48H33NO2/c1-4-13-32(14-5-1)33-23-26-38(27-24-33)49(37-18-8-3-9-19-37)39-20-12-17-35(29-39)36-25-28-44-41(30-36)42-31-45-47(40-21-10-11-22-43(40)50-45)46(48(42)51-44)34-15-6-2-7-16-34/h2-4,6-31H,1,5H2. The van der Waals surface area contributed by atoms with E-state index < -0.39 is 0 Å². The van der Waals surface area contributed by atoms with E-state index >= 15 is 0 Å². The Morgan fingerprint density at radius 3 is 1.94 bits per heavy atom. The Bertz CT molecular complexity index is 2780. The van der Waals surface area contributed by atoms with Gasteiger partial charge >= 0.3 is 0 Å². The van der Waals surface area contributed by atoms with Gasteiger partial charge in [0.2, 0.25) is 0 Å². The largest absolute Gasteiger partial charge is 0.456 e. The van der Waals surface area contributed by atoms with Crippen LogP contribution in [0.2, 0.25) is 0 Å². The molecule has 0 fully saturated rings. The van der Waals surface area contributed by atoms with Gasteiger partial charge in [-0.05, 0) is 101 Å². The first-order chi connectivity index (χ1) is 25.3. The lowest BCUT2D eigenvalue weighted by molar-refractivity contribution is 0.664. The number of benzene rings is 7. The Morgan fingerprint density at radius 1 is 0.431 bits per heavy atom. The zero-order valence-corrected chi connectivity index (χ0v) is 27.9. The molecular weight excluding hydrogens is 623 g/mol. The molecule has 0 aliphatic heterocycles. The Hall–Kier alpha value is -6.58. The van der Waals surface area contributed by atoms with Crippen LogP contribution in [0, 0.1) is 0 Å². The molecule has 7 aromatic carbocycles. The summed E-state index contributed by atoms with van der Waals surface area (Å²) in [5, 5.41) is 4.28. The van der Waals surface area contributed by atoms with Gasteiger partial charge in [0.25, 0.3) is 0 Å². The normalized spacial score (nSPS) is 13.0. The summed E-state index contributed by atoms with van der Waals surface area (Å²) in [6.45, 7) is 0. The van der Waals surface area contributed by atoms with Crippen molar-refractivity contribution in [2.75, 3.05) is 4.90 Å². The van der Waals surface area contributed by atoms with Gasteiger partial charge in [0.15, 0.2) is 0 Å². The molecule has 0 amide bonds.